The molecule has 0 aliphatic heterocycles. The predicted molar refractivity (Wildman–Crippen MR) is 100 cm³/mol. The van der Waals surface area contributed by atoms with Gasteiger partial charge in [-0.1, -0.05) is 13.3 Å². The van der Waals surface area contributed by atoms with Crippen LogP contribution in [0, 0.1) is 5.92 Å². The quantitative estimate of drug-likeness (QED) is 0.776. The number of fused-ring (bicyclic) bond motifs is 1. The van der Waals surface area contributed by atoms with Crippen LogP contribution in [0.1, 0.15) is 32.6 Å². The highest BCUT2D eigenvalue weighted by Gasteiger charge is 2.37. The Morgan fingerprint density at radius 1 is 1.28 bits per heavy atom. The van der Waals surface area contributed by atoms with Crippen LogP contribution in [0.4, 0.5) is 5.82 Å². The van der Waals surface area contributed by atoms with Gasteiger partial charge in [0.05, 0.1) is 11.1 Å². The number of unbranched alkanes of at least 4 members (excludes halogenated alkanes) is 1. The SMILES string of the molecule is CCCCN(C)S(=O)(=O)CC1CC(N(C)c2ncnc3[nH]ccc23)C1. The molecule has 0 radical (unpaired) electrons. The third-order valence-electron chi connectivity index (χ3n) is 5.17. The van der Waals surface area contributed by atoms with Crippen LogP contribution in [0.3, 0.4) is 0 Å². The molecule has 1 aliphatic rings. The molecule has 1 N–H and O–H groups in total. The summed E-state index contributed by atoms with van der Waals surface area (Å²) in [4.78, 5) is 13.9. The van der Waals surface area contributed by atoms with Gasteiger partial charge >= 0.3 is 0 Å². The molecule has 1 fully saturated rings. The fourth-order valence-electron chi connectivity index (χ4n) is 3.41. The number of nitrogens with zero attached hydrogens (tertiary/aromatic N) is 4. The summed E-state index contributed by atoms with van der Waals surface area (Å²) < 4.78 is 26.3. The van der Waals surface area contributed by atoms with Crippen LogP contribution in [0.15, 0.2) is 18.6 Å². The lowest BCUT2D eigenvalue weighted by Gasteiger charge is -2.42. The maximum atomic E-state index is 12.4. The number of H-pyrrole nitrogens is 1. The minimum Gasteiger partial charge on any atom is -0.356 e. The summed E-state index contributed by atoms with van der Waals surface area (Å²) >= 11 is 0. The van der Waals surface area contributed by atoms with E-state index >= 15 is 0 Å². The molecule has 1 aliphatic carbocycles. The standard InChI is InChI=1S/C17H27N5O2S/c1-4-5-8-21(2)25(23,24)11-13-9-14(10-13)22(3)17-15-6-7-18-16(15)19-12-20-17/h6-7,12-14H,4-5,8-11H2,1-3H3,(H,18,19,20). The van der Waals surface area contributed by atoms with E-state index in [0.29, 0.717) is 12.6 Å². The Labute approximate surface area is 149 Å². The molecule has 138 valence electrons. The number of hydrogen-bond donors (Lipinski definition) is 1. The second kappa shape index (κ2) is 7.29. The number of rotatable bonds is 8. The molecular weight excluding hydrogens is 338 g/mol. The van der Waals surface area contributed by atoms with Gasteiger partial charge in [-0.2, -0.15) is 0 Å². The molecule has 0 aromatic carbocycles. The fraction of sp³-hybridized carbons (Fsp3) is 0.647. The average Bonchev–Trinajstić information content (AvgIpc) is 3.03. The van der Waals surface area contributed by atoms with Gasteiger partial charge in [-0.15, -0.1) is 0 Å². The maximum Gasteiger partial charge on any atom is 0.214 e. The molecule has 0 saturated heterocycles. The van der Waals surface area contributed by atoms with E-state index in [1.165, 1.54) is 4.31 Å². The Kier molecular flexibility index (Phi) is 5.29. The predicted octanol–water partition coefficient (Wildman–Crippen LogP) is 2.23. The minimum absolute atomic E-state index is 0.227. The van der Waals surface area contributed by atoms with Gasteiger partial charge in [0.25, 0.3) is 0 Å². The van der Waals surface area contributed by atoms with Crippen molar-refractivity contribution in [3.8, 4) is 0 Å². The van der Waals surface area contributed by atoms with Crippen molar-refractivity contribution in [1.82, 2.24) is 19.3 Å². The van der Waals surface area contributed by atoms with Crippen molar-refractivity contribution in [2.24, 2.45) is 5.92 Å². The Morgan fingerprint density at radius 2 is 2.04 bits per heavy atom. The van der Waals surface area contributed by atoms with Gasteiger partial charge < -0.3 is 9.88 Å². The van der Waals surface area contributed by atoms with Crippen molar-refractivity contribution in [1.29, 1.82) is 0 Å². The molecule has 2 heterocycles. The van der Waals surface area contributed by atoms with Crippen molar-refractivity contribution < 1.29 is 8.42 Å². The number of anilines is 1. The van der Waals surface area contributed by atoms with Crippen LogP contribution in [-0.2, 0) is 10.0 Å². The Morgan fingerprint density at radius 3 is 2.76 bits per heavy atom. The molecule has 0 atom stereocenters. The van der Waals surface area contributed by atoms with Gasteiger partial charge in [0.15, 0.2) is 0 Å². The van der Waals surface area contributed by atoms with Crippen molar-refractivity contribution >= 4 is 26.9 Å². The summed E-state index contributed by atoms with van der Waals surface area (Å²) in [7, 11) is 0.569. The molecule has 1 saturated carbocycles. The maximum absolute atomic E-state index is 12.4. The number of aromatic amines is 1. The Hall–Kier alpha value is -1.67. The van der Waals surface area contributed by atoms with Crippen LogP contribution in [0.25, 0.3) is 11.0 Å². The van der Waals surface area contributed by atoms with Crippen LogP contribution in [-0.4, -0.2) is 60.1 Å². The first-order chi connectivity index (χ1) is 11.9. The van der Waals surface area contributed by atoms with E-state index in [0.717, 1.165) is 42.5 Å². The first kappa shape index (κ1) is 18.1. The van der Waals surface area contributed by atoms with Gasteiger partial charge in [0.2, 0.25) is 10.0 Å². The molecule has 2 aromatic heterocycles. The average molecular weight is 366 g/mol. The lowest BCUT2D eigenvalue weighted by Crippen LogP contribution is -2.46. The first-order valence-corrected chi connectivity index (χ1v) is 10.5. The summed E-state index contributed by atoms with van der Waals surface area (Å²) in [6.45, 7) is 2.68. The zero-order valence-corrected chi connectivity index (χ0v) is 16.0. The van der Waals surface area contributed by atoms with Gasteiger partial charge in [0.1, 0.15) is 17.8 Å². The van der Waals surface area contributed by atoms with E-state index in [2.05, 4.69) is 26.8 Å². The molecule has 0 bridgehead atoms. The smallest absolute Gasteiger partial charge is 0.214 e. The van der Waals surface area contributed by atoms with Crippen LogP contribution in [0.2, 0.25) is 0 Å². The molecule has 25 heavy (non-hydrogen) atoms. The summed E-state index contributed by atoms with van der Waals surface area (Å²) in [6, 6.07) is 2.30. The number of hydrogen-bond acceptors (Lipinski definition) is 5. The monoisotopic (exact) mass is 365 g/mol. The zero-order valence-electron chi connectivity index (χ0n) is 15.1. The van der Waals surface area contributed by atoms with E-state index in [-0.39, 0.29) is 11.7 Å². The zero-order chi connectivity index (χ0) is 18.0. The molecule has 0 unspecified atom stereocenters. The van der Waals surface area contributed by atoms with Crippen molar-refractivity contribution in [2.45, 2.75) is 38.6 Å². The fourth-order valence-corrected chi connectivity index (χ4v) is 4.94. The lowest BCUT2D eigenvalue weighted by molar-refractivity contribution is 0.278. The lowest BCUT2D eigenvalue weighted by atomic mass is 9.81. The number of sulfonamides is 1. The highest BCUT2D eigenvalue weighted by molar-refractivity contribution is 7.89. The van der Waals surface area contributed by atoms with Crippen molar-refractivity contribution in [2.75, 3.05) is 31.3 Å². The topological polar surface area (TPSA) is 82.2 Å². The van der Waals surface area contributed by atoms with Gasteiger partial charge in [-0.05, 0) is 31.2 Å². The second-order valence-corrected chi connectivity index (χ2v) is 9.11. The van der Waals surface area contributed by atoms with Crippen molar-refractivity contribution in [3.05, 3.63) is 18.6 Å². The molecule has 0 amide bonds. The van der Waals surface area contributed by atoms with Gasteiger partial charge in [-0.25, -0.2) is 22.7 Å². The Bertz CT molecular complexity index is 813. The highest BCUT2D eigenvalue weighted by atomic mass is 32.2. The van der Waals surface area contributed by atoms with Crippen LogP contribution in [0.5, 0.6) is 0 Å². The normalized spacial score (nSPS) is 20.8. The van der Waals surface area contributed by atoms with E-state index in [9.17, 15) is 8.42 Å². The van der Waals surface area contributed by atoms with Crippen LogP contribution >= 0.6 is 0 Å². The first-order valence-electron chi connectivity index (χ1n) is 8.87. The second-order valence-electron chi connectivity index (χ2n) is 6.99. The largest absolute Gasteiger partial charge is 0.356 e. The Balaban J connectivity index is 1.58. The van der Waals surface area contributed by atoms with Gasteiger partial charge in [0, 0.05) is 32.9 Å². The number of aromatic nitrogens is 3. The van der Waals surface area contributed by atoms with E-state index in [1.807, 2.05) is 19.3 Å². The molecule has 8 heteroatoms. The summed E-state index contributed by atoms with van der Waals surface area (Å²) in [5.41, 5.74) is 0.827. The van der Waals surface area contributed by atoms with Gasteiger partial charge in [-0.3, -0.25) is 0 Å². The molecule has 0 spiro atoms. The summed E-state index contributed by atoms with van der Waals surface area (Å²) in [6.07, 6.45) is 7.10. The third-order valence-corrected chi connectivity index (χ3v) is 7.20. The van der Waals surface area contributed by atoms with E-state index in [4.69, 9.17) is 0 Å². The molecule has 3 rings (SSSR count). The minimum atomic E-state index is -3.15. The van der Waals surface area contributed by atoms with E-state index < -0.39 is 10.0 Å². The third kappa shape index (κ3) is 3.79. The number of nitrogens with one attached hydrogen (secondary N) is 1. The molecule has 2 aromatic rings. The van der Waals surface area contributed by atoms with Crippen LogP contribution < -0.4 is 4.90 Å². The summed E-state index contributed by atoms with van der Waals surface area (Å²) in [5, 5.41) is 1.00. The van der Waals surface area contributed by atoms with Crippen molar-refractivity contribution in [3.63, 3.8) is 0 Å². The molecular formula is C17H27N5O2S. The summed E-state index contributed by atoms with van der Waals surface area (Å²) in [5.74, 6) is 1.38. The van der Waals surface area contributed by atoms with E-state index in [1.54, 1.807) is 13.4 Å². The molecule has 7 nitrogen and oxygen atoms in total. The highest BCUT2D eigenvalue weighted by Crippen LogP contribution is 2.36.